The second-order valence-corrected chi connectivity index (χ2v) is 5.05. The second-order valence-electron chi connectivity index (χ2n) is 5.05. The Morgan fingerprint density at radius 1 is 1.45 bits per heavy atom. The van der Waals surface area contributed by atoms with Crippen molar-refractivity contribution in [2.45, 2.75) is 25.7 Å². The fourth-order valence-corrected chi connectivity index (χ4v) is 2.49. The Kier molecular flexibility index (Phi) is 3.95. The Bertz CT molecular complexity index is 509. The van der Waals surface area contributed by atoms with Crippen LogP contribution in [0.5, 0.6) is 0 Å². The second kappa shape index (κ2) is 5.87. The highest BCUT2D eigenvalue weighted by Gasteiger charge is 2.31. The van der Waals surface area contributed by atoms with Crippen LogP contribution < -0.4 is 5.48 Å². The molecule has 0 spiro atoms. The van der Waals surface area contributed by atoms with Crippen molar-refractivity contribution in [2.75, 3.05) is 19.7 Å². The highest BCUT2D eigenvalue weighted by atomic mass is 19.1. The monoisotopic (exact) mass is 279 g/mol. The molecular weight excluding hydrogens is 261 g/mol. The first kappa shape index (κ1) is 13.5. The Labute approximate surface area is 117 Å². The average Bonchev–Trinajstić information content (AvgIpc) is 2.89. The molecule has 2 atom stereocenters. The highest BCUT2D eigenvalue weighted by Crippen LogP contribution is 2.16. The van der Waals surface area contributed by atoms with Crippen LogP contribution in [0.4, 0.5) is 4.39 Å². The van der Waals surface area contributed by atoms with Crippen LogP contribution in [-0.2, 0) is 16.1 Å². The van der Waals surface area contributed by atoms with Gasteiger partial charge in [0.15, 0.2) is 6.17 Å². The van der Waals surface area contributed by atoms with Gasteiger partial charge in [-0.3, -0.25) is 4.90 Å². The van der Waals surface area contributed by atoms with E-state index in [9.17, 15) is 4.39 Å². The minimum atomic E-state index is -0.182. The van der Waals surface area contributed by atoms with Gasteiger partial charge in [-0.25, -0.2) is 9.38 Å². The van der Waals surface area contributed by atoms with Crippen molar-refractivity contribution in [1.29, 1.82) is 0 Å². The number of hydrogen-bond acceptors (Lipinski definition) is 5. The van der Waals surface area contributed by atoms with Gasteiger partial charge in [-0.1, -0.05) is 18.2 Å². The van der Waals surface area contributed by atoms with E-state index in [-0.39, 0.29) is 18.1 Å². The normalized spacial score (nSPS) is 27.2. The molecule has 2 aliphatic rings. The van der Waals surface area contributed by atoms with E-state index in [1.807, 2.05) is 12.1 Å². The molecular formula is C14H18FN3O2. The molecule has 3 rings (SSSR count). The minimum Gasteiger partial charge on any atom is -0.392 e. The molecule has 2 heterocycles. The Morgan fingerprint density at radius 2 is 2.30 bits per heavy atom. The molecule has 1 aromatic carbocycles. The molecule has 0 bridgehead atoms. The highest BCUT2D eigenvalue weighted by molar-refractivity contribution is 5.74. The zero-order valence-corrected chi connectivity index (χ0v) is 11.4. The molecule has 0 amide bonds. The van der Waals surface area contributed by atoms with E-state index in [4.69, 9.17) is 9.57 Å². The van der Waals surface area contributed by atoms with Crippen LogP contribution in [0.15, 0.2) is 29.3 Å². The maximum absolute atomic E-state index is 13.7. The summed E-state index contributed by atoms with van der Waals surface area (Å²) in [5.74, 6) is 0.455. The molecule has 1 fully saturated rings. The maximum atomic E-state index is 13.7. The van der Waals surface area contributed by atoms with E-state index < -0.39 is 0 Å². The Hall–Kier alpha value is -1.50. The van der Waals surface area contributed by atoms with E-state index in [0.29, 0.717) is 31.2 Å². The number of aliphatic imine (C=N–C) groups is 1. The van der Waals surface area contributed by atoms with E-state index in [0.717, 1.165) is 6.54 Å². The molecule has 5 nitrogen and oxygen atoms in total. The van der Waals surface area contributed by atoms with Gasteiger partial charge in [-0.2, -0.15) is 0 Å². The molecule has 6 heteroatoms. The predicted molar refractivity (Wildman–Crippen MR) is 72.5 cm³/mol. The van der Waals surface area contributed by atoms with Crippen molar-refractivity contribution in [1.82, 2.24) is 10.4 Å². The molecule has 0 radical (unpaired) electrons. The van der Waals surface area contributed by atoms with Gasteiger partial charge >= 0.3 is 0 Å². The molecule has 1 saturated heterocycles. The number of nitrogens with one attached hydrogen (secondary N) is 1. The lowest BCUT2D eigenvalue weighted by atomic mass is 10.1. The fraction of sp³-hybridized carbons (Fsp3) is 0.500. The van der Waals surface area contributed by atoms with Crippen LogP contribution in [0.2, 0.25) is 0 Å². The van der Waals surface area contributed by atoms with Gasteiger partial charge in [0.2, 0.25) is 5.90 Å². The topological polar surface area (TPSA) is 46.1 Å². The van der Waals surface area contributed by atoms with Crippen molar-refractivity contribution in [3.05, 3.63) is 35.6 Å². The van der Waals surface area contributed by atoms with Crippen molar-refractivity contribution in [2.24, 2.45) is 4.99 Å². The zero-order chi connectivity index (χ0) is 13.9. The van der Waals surface area contributed by atoms with Crippen LogP contribution in [0.25, 0.3) is 0 Å². The molecule has 1 N–H and O–H groups in total. The van der Waals surface area contributed by atoms with Crippen LogP contribution in [0.3, 0.4) is 0 Å². The molecule has 108 valence electrons. The maximum Gasteiger partial charge on any atom is 0.208 e. The number of nitrogens with zero attached hydrogens (tertiary/aromatic N) is 2. The summed E-state index contributed by atoms with van der Waals surface area (Å²) in [5.41, 5.74) is 3.55. The van der Waals surface area contributed by atoms with Crippen molar-refractivity contribution in [3.63, 3.8) is 0 Å². The molecule has 1 aromatic rings. The van der Waals surface area contributed by atoms with Gasteiger partial charge in [-0.05, 0) is 6.07 Å². The number of hydroxylamine groups is 1. The first-order valence-electron chi connectivity index (χ1n) is 6.76. The molecule has 20 heavy (non-hydrogen) atoms. The summed E-state index contributed by atoms with van der Waals surface area (Å²) in [5, 5.41) is 0. The zero-order valence-electron chi connectivity index (χ0n) is 11.4. The third-order valence-corrected chi connectivity index (χ3v) is 3.53. The summed E-state index contributed by atoms with van der Waals surface area (Å²) >= 11 is 0. The molecule has 0 aliphatic carbocycles. The van der Waals surface area contributed by atoms with Gasteiger partial charge < -0.3 is 9.57 Å². The molecule has 2 unspecified atom stereocenters. The SMILES string of the molecule is CC1=NC(C2CN(Cc3ccccc3F)CCO2)NO1. The van der Waals surface area contributed by atoms with Gasteiger partial charge in [0.25, 0.3) is 0 Å². The standard InChI is InChI=1S/C14H18FN3O2/c1-10-16-14(17-20-10)13-9-18(6-7-19-13)8-11-4-2-3-5-12(11)15/h2-5,13-14,17H,6-9H2,1H3. The minimum absolute atomic E-state index is 0.0760. The lowest BCUT2D eigenvalue weighted by molar-refractivity contribution is -0.0592. The van der Waals surface area contributed by atoms with Crippen LogP contribution in [0, 0.1) is 5.82 Å². The first-order valence-corrected chi connectivity index (χ1v) is 6.76. The lowest BCUT2D eigenvalue weighted by Crippen LogP contribution is -2.49. The molecule has 0 aromatic heterocycles. The Balaban J connectivity index is 1.62. The van der Waals surface area contributed by atoms with Gasteiger partial charge in [0, 0.05) is 32.1 Å². The van der Waals surface area contributed by atoms with E-state index in [1.165, 1.54) is 6.07 Å². The number of morpholine rings is 1. The third-order valence-electron chi connectivity index (χ3n) is 3.53. The number of hydrogen-bond donors (Lipinski definition) is 1. The summed E-state index contributed by atoms with van der Waals surface area (Å²) < 4.78 is 19.4. The van der Waals surface area contributed by atoms with E-state index in [2.05, 4.69) is 15.4 Å². The number of benzene rings is 1. The van der Waals surface area contributed by atoms with Crippen LogP contribution >= 0.6 is 0 Å². The summed E-state index contributed by atoms with van der Waals surface area (Å²) in [7, 11) is 0. The van der Waals surface area contributed by atoms with Gasteiger partial charge in [0.1, 0.15) is 11.9 Å². The predicted octanol–water partition coefficient (Wildman–Crippen LogP) is 1.31. The van der Waals surface area contributed by atoms with Crippen LogP contribution in [-0.4, -0.2) is 42.8 Å². The largest absolute Gasteiger partial charge is 0.392 e. The van der Waals surface area contributed by atoms with E-state index >= 15 is 0 Å². The fourth-order valence-electron chi connectivity index (χ4n) is 2.49. The first-order chi connectivity index (χ1) is 9.72. The smallest absolute Gasteiger partial charge is 0.208 e. The van der Waals surface area contributed by atoms with Crippen LogP contribution in [0.1, 0.15) is 12.5 Å². The van der Waals surface area contributed by atoms with Crippen molar-refractivity contribution in [3.8, 4) is 0 Å². The van der Waals surface area contributed by atoms with Crippen molar-refractivity contribution < 1.29 is 14.0 Å². The van der Waals surface area contributed by atoms with Gasteiger partial charge in [0.05, 0.1) is 6.61 Å². The summed E-state index contributed by atoms with van der Waals surface area (Å²) in [4.78, 5) is 11.6. The number of ether oxygens (including phenoxy) is 1. The Morgan fingerprint density at radius 3 is 3.05 bits per heavy atom. The number of rotatable bonds is 3. The lowest BCUT2D eigenvalue weighted by Gasteiger charge is -2.34. The van der Waals surface area contributed by atoms with Crippen molar-refractivity contribution >= 4 is 5.90 Å². The third kappa shape index (κ3) is 2.98. The molecule has 2 aliphatic heterocycles. The summed E-state index contributed by atoms with van der Waals surface area (Å²) in [6.07, 6.45) is -0.258. The quantitative estimate of drug-likeness (QED) is 0.906. The van der Waals surface area contributed by atoms with E-state index in [1.54, 1.807) is 13.0 Å². The summed E-state index contributed by atoms with van der Waals surface area (Å²) in [6.45, 7) is 4.49. The summed E-state index contributed by atoms with van der Waals surface area (Å²) in [6, 6.07) is 6.88. The average molecular weight is 279 g/mol. The van der Waals surface area contributed by atoms with Gasteiger partial charge in [-0.15, -0.1) is 5.48 Å². The number of halogens is 1. The molecule has 0 saturated carbocycles.